The monoisotopic (exact) mass is 362 g/mol. The van der Waals surface area contributed by atoms with E-state index in [9.17, 15) is 9.90 Å². The van der Waals surface area contributed by atoms with Gasteiger partial charge < -0.3 is 9.84 Å². The lowest BCUT2D eigenvalue weighted by Crippen LogP contribution is -2.54. The van der Waals surface area contributed by atoms with Crippen LogP contribution in [0.1, 0.15) is 85.5 Å². The fraction of sp³-hybridized carbons (Fsp3) is 0.957. The third-order valence-electron chi connectivity index (χ3n) is 9.50. The zero-order valence-electron chi connectivity index (χ0n) is 17.2. The summed E-state index contributed by atoms with van der Waals surface area (Å²) >= 11 is 0. The lowest BCUT2D eigenvalue weighted by Gasteiger charge is -2.61. The van der Waals surface area contributed by atoms with Gasteiger partial charge in [-0.15, -0.1) is 0 Å². The second-order valence-electron chi connectivity index (χ2n) is 10.6. The summed E-state index contributed by atoms with van der Waals surface area (Å²) in [5, 5.41) is 9.60. The lowest BCUT2D eigenvalue weighted by molar-refractivity contribution is -0.175. The number of rotatable bonds is 3. The smallest absolute Gasteiger partial charge is 0.152 e. The van der Waals surface area contributed by atoms with Gasteiger partial charge in [0.2, 0.25) is 0 Å². The van der Waals surface area contributed by atoms with E-state index in [1.165, 1.54) is 38.5 Å². The van der Waals surface area contributed by atoms with Crippen molar-refractivity contribution >= 4 is 5.78 Å². The molecule has 4 unspecified atom stereocenters. The van der Waals surface area contributed by atoms with Crippen LogP contribution in [0.2, 0.25) is 0 Å². The molecule has 0 saturated heterocycles. The van der Waals surface area contributed by atoms with Crippen LogP contribution < -0.4 is 0 Å². The van der Waals surface area contributed by atoms with Gasteiger partial charge in [-0.3, -0.25) is 4.79 Å². The second-order valence-corrected chi connectivity index (χ2v) is 10.6. The first-order valence-electron chi connectivity index (χ1n) is 11.1. The van der Waals surface area contributed by atoms with Crippen molar-refractivity contribution in [1.82, 2.24) is 0 Å². The number of hydrogen-bond acceptors (Lipinski definition) is 3. The number of hydrogen-bond donors (Lipinski definition) is 1. The molecule has 3 heteroatoms. The number of carbonyl (C=O) groups is 1. The van der Waals surface area contributed by atoms with E-state index in [-0.39, 0.29) is 11.5 Å². The minimum atomic E-state index is -0.641. The number of Topliss-reactive ketones (excluding diaryl/α,β-unsaturated/α-hetero) is 1. The maximum atomic E-state index is 12.2. The predicted molar refractivity (Wildman–Crippen MR) is 102 cm³/mol. The summed E-state index contributed by atoms with van der Waals surface area (Å²) < 4.78 is 5.77. The highest BCUT2D eigenvalue weighted by Gasteiger charge is 2.60. The van der Waals surface area contributed by atoms with Gasteiger partial charge in [-0.2, -0.15) is 0 Å². The fourth-order valence-electron chi connectivity index (χ4n) is 8.29. The van der Waals surface area contributed by atoms with E-state index in [1.807, 2.05) is 6.92 Å². The van der Waals surface area contributed by atoms with E-state index in [1.54, 1.807) is 6.92 Å². The molecule has 0 radical (unpaired) electrons. The molecule has 4 aliphatic carbocycles. The Hall–Kier alpha value is -0.410. The highest BCUT2D eigenvalue weighted by atomic mass is 16.6. The van der Waals surface area contributed by atoms with Gasteiger partial charge in [-0.05, 0) is 106 Å². The van der Waals surface area contributed by atoms with Gasteiger partial charge in [-0.25, -0.2) is 0 Å². The summed E-state index contributed by atoms with van der Waals surface area (Å²) in [6.45, 7) is 8.56. The third kappa shape index (κ3) is 2.80. The molecule has 4 aliphatic rings. The highest BCUT2D eigenvalue weighted by Crippen LogP contribution is 2.67. The van der Waals surface area contributed by atoms with Crippen LogP contribution in [0, 0.1) is 40.4 Å². The summed E-state index contributed by atoms with van der Waals surface area (Å²) in [7, 11) is 0. The zero-order chi connectivity index (χ0) is 18.7. The van der Waals surface area contributed by atoms with E-state index in [4.69, 9.17) is 4.74 Å². The molecule has 26 heavy (non-hydrogen) atoms. The first-order chi connectivity index (χ1) is 12.3. The minimum Gasteiger partial charge on any atom is -0.368 e. The van der Waals surface area contributed by atoms with Crippen molar-refractivity contribution in [2.24, 2.45) is 40.4 Å². The molecule has 4 rings (SSSR count). The Morgan fingerprint density at radius 1 is 1.00 bits per heavy atom. The average molecular weight is 363 g/mol. The number of ether oxygens (including phenoxy) is 1. The standard InChI is InChI=1S/C23H38O3/c1-14(24)19-7-8-20-18-6-5-16-13-17(26-15(2)25)9-11-22(16,3)21(18)10-12-23(19,20)4/h15-21,25H,5-13H2,1-4H3/t15?,16-,17+,18?,19+,20?,21?,22-,23+/m0/s1. The lowest BCUT2D eigenvalue weighted by atomic mass is 9.44. The van der Waals surface area contributed by atoms with Crippen LogP contribution in [0.15, 0.2) is 0 Å². The van der Waals surface area contributed by atoms with Gasteiger partial charge in [0.15, 0.2) is 6.29 Å². The molecule has 148 valence electrons. The Bertz CT molecular complexity index is 558. The van der Waals surface area contributed by atoms with Crippen LogP contribution in [0.4, 0.5) is 0 Å². The van der Waals surface area contributed by atoms with Crippen molar-refractivity contribution in [2.75, 3.05) is 0 Å². The summed E-state index contributed by atoms with van der Waals surface area (Å²) in [5.74, 6) is 3.92. The molecule has 0 aliphatic heterocycles. The first kappa shape index (κ1) is 18.9. The molecule has 4 fully saturated rings. The minimum absolute atomic E-state index is 0.243. The van der Waals surface area contributed by atoms with Crippen LogP contribution in [0.5, 0.6) is 0 Å². The molecule has 3 nitrogen and oxygen atoms in total. The first-order valence-corrected chi connectivity index (χ1v) is 11.1. The van der Waals surface area contributed by atoms with Crippen LogP contribution in [-0.4, -0.2) is 23.3 Å². The summed E-state index contributed by atoms with van der Waals surface area (Å²) in [5.41, 5.74) is 0.708. The molecular weight excluding hydrogens is 324 g/mol. The molecule has 0 aromatic rings. The maximum Gasteiger partial charge on any atom is 0.152 e. The Morgan fingerprint density at radius 3 is 2.38 bits per heavy atom. The summed E-state index contributed by atoms with van der Waals surface area (Å²) in [6, 6.07) is 0. The van der Waals surface area contributed by atoms with Crippen molar-refractivity contribution in [1.29, 1.82) is 0 Å². The van der Waals surface area contributed by atoms with Crippen molar-refractivity contribution in [2.45, 2.75) is 97.9 Å². The third-order valence-corrected chi connectivity index (χ3v) is 9.50. The van der Waals surface area contributed by atoms with Gasteiger partial charge in [0.05, 0.1) is 6.10 Å². The Labute approximate surface area is 159 Å². The van der Waals surface area contributed by atoms with Crippen LogP contribution in [0.3, 0.4) is 0 Å². The van der Waals surface area contributed by atoms with Crippen LogP contribution >= 0.6 is 0 Å². The molecular formula is C23H38O3. The van der Waals surface area contributed by atoms with Gasteiger partial charge in [0.25, 0.3) is 0 Å². The normalized spacial score (nSPS) is 51.9. The predicted octanol–water partition coefficient (Wildman–Crippen LogP) is 4.96. The number of aliphatic hydroxyl groups excluding tert-OH is 1. The van der Waals surface area contributed by atoms with Crippen LogP contribution in [-0.2, 0) is 9.53 Å². The number of ketones is 1. The molecule has 9 atom stereocenters. The summed E-state index contributed by atoms with van der Waals surface area (Å²) in [6.07, 6.45) is 10.7. The quantitative estimate of drug-likeness (QED) is 0.722. The number of carbonyl (C=O) groups excluding carboxylic acids is 1. The van der Waals surface area contributed by atoms with E-state index < -0.39 is 6.29 Å². The van der Waals surface area contributed by atoms with E-state index in [0.29, 0.717) is 17.1 Å². The Kier molecular flexibility index (Phi) is 4.79. The Balaban J connectivity index is 1.53. The molecule has 1 N–H and O–H groups in total. The largest absolute Gasteiger partial charge is 0.368 e. The van der Waals surface area contributed by atoms with Gasteiger partial charge >= 0.3 is 0 Å². The Morgan fingerprint density at radius 2 is 1.69 bits per heavy atom. The van der Waals surface area contributed by atoms with Crippen LogP contribution in [0.25, 0.3) is 0 Å². The fourth-order valence-corrected chi connectivity index (χ4v) is 8.29. The van der Waals surface area contributed by atoms with E-state index in [2.05, 4.69) is 13.8 Å². The van der Waals surface area contributed by atoms with Gasteiger partial charge in [-0.1, -0.05) is 13.8 Å². The van der Waals surface area contributed by atoms with Crippen molar-refractivity contribution in [3.63, 3.8) is 0 Å². The van der Waals surface area contributed by atoms with Crippen molar-refractivity contribution in [3.8, 4) is 0 Å². The molecule has 0 bridgehead atoms. The SMILES string of the molecule is CC(=O)[C@H]1CCC2C3CC[C@H]4C[C@H](OC(C)O)CC[C@]4(C)C3CC[C@@]21C. The average Bonchev–Trinajstić information content (AvgIpc) is 2.92. The van der Waals surface area contributed by atoms with Crippen molar-refractivity contribution < 1.29 is 14.6 Å². The molecule has 4 saturated carbocycles. The van der Waals surface area contributed by atoms with E-state index in [0.717, 1.165) is 42.9 Å². The topological polar surface area (TPSA) is 46.5 Å². The molecule has 0 aromatic carbocycles. The molecule has 0 heterocycles. The molecule has 0 spiro atoms. The van der Waals surface area contributed by atoms with Gasteiger partial charge in [0.1, 0.15) is 5.78 Å². The number of fused-ring (bicyclic) bond motifs is 5. The summed E-state index contributed by atoms with van der Waals surface area (Å²) in [4.78, 5) is 12.2. The van der Waals surface area contributed by atoms with Gasteiger partial charge in [0, 0.05) is 5.92 Å². The van der Waals surface area contributed by atoms with Crippen molar-refractivity contribution in [3.05, 3.63) is 0 Å². The van der Waals surface area contributed by atoms with E-state index >= 15 is 0 Å². The second kappa shape index (κ2) is 6.58. The molecule has 0 aromatic heterocycles. The number of aliphatic hydroxyl groups is 1. The maximum absolute atomic E-state index is 12.2. The highest BCUT2D eigenvalue weighted by molar-refractivity contribution is 5.79. The molecule has 0 amide bonds. The zero-order valence-corrected chi connectivity index (χ0v) is 17.2.